The van der Waals surface area contributed by atoms with Crippen molar-refractivity contribution < 1.29 is 0 Å². The fraction of sp³-hybridized carbons (Fsp3) is 0.143. The lowest BCUT2D eigenvalue weighted by atomic mass is 10.4. The van der Waals surface area contributed by atoms with Gasteiger partial charge in [0.25, 0.3) is 5.56 Å². The topological polar surface area (TPSA) is 72.2 Å². The summed E-state index contributed by atoms with van der Waals surface area (Å²) in [5.41, 5.74) is 1.31. The molecule has 3 aromatic rings. The van der Waals surface area contributed by atoms with E-state index in [4.69, 9.17) is 0 Å². The number of hydrogen-bond donors (Lipinski definition) is 1. The fourth-order valence-corrected chi connectivity index (χ4v) is 3.46. The molecule has 1 N–H and O–H groups in total. The van der Waals surface area contributed by atoms with Crippen molar-refractivity contribution in [1.82, 2.24) is 19.6 Å². The predicted molar refractivity (Wildman–Crippen MR) is 89.6 cm³/mol. The molecule has 0 aliphatic carbocycles. The third-order valence-electron chi connectivity index (χ3n) is 2.77. The standard InChI is InChI=1S/C14H13N5OS2/c1-2-6-15-13-17-18-14(22-13)21-9-10-8-12(20)19-7-4-3-5-11(19)16-10/h2-5,7-8H,1,6,9H2,(H,15,17). The van der Waals surface area contributed by atoms with E-state index < -0.39 is 0 Å². The zero-order chi connectivity index (χ0) is 15.4. The van der Waals surface area contributed by atoms with Crippen LogP contribution in [0.25, 0.3) is 5.65 Å². The van der Waals surface area contributed by atoms with Crippen molar-refractivity contribution in [3.05, 3.63) is 59.2 Å². The fourth-order valence-electron chi connectivity index (χ4n) is 1.81. The molecule has 3 heterocycles. The van der Waals surface area contributed by atoms with Crippen LogP contribution < -0.4 is 10.9 Å². The number of nitrogens with one attached hydrogen (secondary N) is 1. The summed E-state index contributed by atoms with van der Waals surface area (Å²) in [5, 5.41) is 12.0. The van der Waals surface area contributed by atoms with Gasteiger partial charge in [-0.3, -0.25) is 9.20 Å². The SMILES string of the molecule is C=CCNc1nnc(SCc2cc(=O)n3ccccc3n2)s1. The van der Waals surface area contributed by atoms with Crippen molar-refractivity contribution in [3.8, 4) is 0 Å². The summed E-state index contributed by atoms with van der Waals surface area (Å²) in [5.74, 6) is 0.580. The zero-order valence-corrected chi connectivity index (χ0v) is 13.2. The van der Waals surface area contributed by atoms with Gasteiger partial charge in [0.15, 0.2) is 4.34 Å². The lowest BCUT2D eigenvalue weighted by Gasteiger charge is -2.02. The first-order valence-electron chi connectivity index (χ1n) is 6.54. The van der Waals surface area contributed by atoms with Crippen LogP contribution in [0.5, 0.6) is 0 Å². The van der Waals surface area contributed by atoms with E-state index in [-0.39, 0.29) is 5.56 Å². The molecule has 0 aromatic carbocycles. The molecule has 0 radical (unpaired) electrons. The molecule has 8 heteroatoms. The highest BCUT2D eigenvalue weighted by Gasteiger charge is 2.07. The maximum atomic E-state index is 12.0. The van der Waals surface area contributed by atoms with E-state index in [1.165, 1.54) is 27.5 Å². The lowest BCUT2D eigenvalue weighted by molar-refractivity contribution is 0.997. The number of aromatic nitrogens is 4. The van der Waals surface area contributed by atoms with Crippen LogP contribution >= 0.6 is 23.1 Å². The first-order chi connectivity index (χ1) is 10.8. The summed E-state index contributed by atoms with van der Waals surface area (Å²) in [6.07, 6.45) is 3.48. The second-order valence-corrected chi connectivity index (χ2v) is 6.55. The van der Waals surface area contributed by atoms with E-state index in [2.05, 4.69) is 27.1 Å². The molecular formula is C14H13N5OS2. The van der Waals surface area contributed by atoms with Crippen molar-refractivity contribution in [2.45, 2.75) is 10.1 Å². The van der Waals surface area contributed by atoms with Gasteiger partial charge in [0.2, 0.25) is 5.13 Å². The van der Waals surface area contributed by atoms with Gasteiger partial charge in [-0.25, -0.2) is 4.98 Å². The molecule has 0 amide bonds. The molecule has 0 aliphatic heterocycles. The molecule has 0 bridgehead atoms. The van der Waals surface area contributed by atoms with Gasteiger partial charge in [-0.15, -0.1) is 16.8 Å². The summed E-state index contributed by atoms with van der Waals surface area (Å²) in [6, 6.07) is 7.04. The molecule has 3 rings (SSSR count). The van der Waals surface area contributed by atoms with Gasteiger partial charge in [-0.2, -0.15) is 0 Å². The maximum Gasteiger partial charge on any atom is 0.258 e. The molecule has 112 valence electrons. The molecular weight excluding hydrogens is 318 g/mol. The van der Waals surface area contributed by atoms with Gasteiger partial charge in [-0.05, 0) is 12.1 Å². The Kier molecular flexibility index (Phi) is 4.50. The number of pyridine rings is 1. The predicted octanol–water partition coefficient (Wildman–Crippen LogP) is 2.44. The third kappa shape index (κ3) is 3.34. The van der Waals surface area contributed by atoms with Gasteiger partial charge in [0, 0.05) is 24.6 Å². The minimum Gasteiger partial charge on any atom is -0.357 e. The maximum absolute atomic E-state index is 12.0. The molecule has 0 fully saturated rings. The third-order valence-corrected chi connectivity index (χ3v) is 4.82. The Bertz CT molecular complexity index is 858. The van der Waals surface area contributed by atoms with E-state index in [0.717, 1.165) is 15.2 Å². The Morgan fingerprint density at radius 3 is 3.18 bits per heavy atom. The van der Waals surface area contributed by atoms with Crippen LogP contribution in [-0.4, -0.2) is 26.1 Å². The van der Waals surface area contributed by atoms with Crippen molar-refractivity contribution in [3.63, 3.8) is 0 Å². The number of nitrogens with zero attached hydrogens (tertiary/aromatic N) is 4. The number of thioether (sulfide) groups is 1. The molecule has 0 aliphatic rings. The van der Waals surface area contributed by atoms with Crippen LogP contribution in [0.4, 0.5) is 5.13 Å². The van der Waals surface area contributed by atoms with Gasteiger partial charge in [0.1, 0.15) is 5.65 Å². The Balaban J connectivity index is 1.72. The number of anilines is 1. The van der Waals surface area contributed by atoms with E-state index in [1.807, 2.05) is 18.2 Å². The van der Waals surface area contributed by atoms with Gasteiger partial charge in [0.05, 0.1) is 5.69 Å². The number of hydrogen-bond acceptors (Lipinski definition) is 7. The Morgan fingerprint density at radius 1 is 1.41 bits per heavy atom. The van der Waals surface area contributed by atoms with Crippen molar-refractivity contribution in [2.24, 2.45) is 0 Å². The second-order valence-electron chi connectivity index (χ2n) is 4.35. The first kappa shape index (κ1) is 14.7. The highest BCUT2D eigenvalue weighted by molar-refractivity contribution is 8.00. The normalized spacial score (nSPS) is 10.7. The van der Waals surface area contributed by atoms with Crippen LogP contribution in [0.3, 0.4) is 0 Å². The van der Waals surface area contributed by atoms with Crippen molar-refractivity contribution in [1.29, 1.82) is 0 Å². The summed E-state index contributed by atoms with van der Waals surface area (Å²) in [4.78, 5) is 16.5. The molecule has 0 saturated carbocycles. The highest BCUT2D eigenvalue weighted by Crippen LogP contribution is 2.27. The van der Waals surface area contributed by atoms with Gasteiger partial charge in [-0.1, -0.05) is 35.2 Å². The average molecular weight is 331 g/mol. The van der Waals surface area contributed by atoms with E-state index in [9.17, 15) is 4.79 Å². The number of rotatable bonds is 6. The quantitative estimate of drug-likeness (QED) is 0.552. The Labute approximate surface area is 134 Å². The highest BCUT2D eigenvalue weighted by atomic mass is 32.2. The molecule has 22 heavy (non-hydrogen) atoms. The minimum absolute atomic E-state index is 0.0770. The largest absolute Gasteiger partial charge is 0.357 e. The summed E-state index contributed by atoms with van der Waals surface area (Å²) >= 11 is 2.98. The van der Waals surface area contributed by atoms with Crippen LogP contribution in [0.15, 0.2) is 52.3 Å². The first-order valence-corrected chi connectivity index (χ1v) is 8.35. The second kappa shape index (κ2) is 6.71. The Hall–Kier alpha value is -2.19. The van der Waals surface area contributed by atoms with Crippen LogP contribution in [-0.2, 0) is 5.75 Å². The molecule has 0 saturated heterocycles. The molecule has 6 nitrogen and oxygen atoms in total. The van der Waals surface area contributed by atoms with Gasteiger partial charge < -0.3 is 5.32 Å². The summed E-state index contributed by atoms with van der Waals surface area (Å²) in [7, 11) is 0. The van der Waals surface area contributed by atoms with E-state index in [0.29, 0.717) is 17.9 Å². The smallest absolute Gasteiger partial charge is 0.258 e. The lowest BCUT2D eigenvalue weighted by Crippen LogP contribution is -2.14. The molecule has 3 aromatic heterocycles. The molecule has 0 spiro atoms. The summed E-state index contributed by atoms with van der Waals surface area (Å²) in [6.45, 7) is 4.30. The number of fused-ring (bicyclic) bond motifs is 1. The van der Waals surface area contributed by atoms with Crippen LogP contribution in [0.1, 0.15) is 5.69 Å². The van der Waals surface area contributed by atoms with Gasteiger partial charge >= 0.3 is 0 Å². The summed E-state index contributed by atoms with van der Waals surface area (Å²) < 4.78 is 2.36. The molecule has 0 unspecified atom stereocenters. The van der Waals surface area contributed by atoms with E-state index in [1.54, 1.807) is 18.3 Å². The van der Waals surface area contributed by atoms with E-state index >= 15 is 0 Å². The zero-order valence-electron chi connectivity index (χ0n) is 11.6. The van der Waals surface area contributed by atoms with Crippen LogP contribution in [0.2, 0.25) is 0 Å². The Morgan fingerprint density at radius 2 is 2.32 bits per heavy atom. The van der Waals surface area contributed by atoms with Crippen molar-refractivity contribution in [2.75, 3.05) is 11.9 Å². The molecule has 0 atom stereocenters. The monoisotopic (exact) mass is 331 g/mol. The van der Waals surface area contributed by atoms with Crippen molar-refractivity contribution >= 4 is 33.9 Å². The minimum atomic E-state index is -0.0770. The van der Waals surface area contributed by atoms with Crippen LogP contribution in [0, 0.1) is 0 Å². The average Bonchev–Trinajstić information content (AvgIpc) is 2.99.